The number of hydrogen-bond donors (Lipinski definition) is 0. The fourth-order valence-electron chi connectivity index (χ4n) is 2.07. The molecule has 1 aromatic carbocycles. The molecule has 0 radical (unpaired) electrons. The number of nitrogens with zero attached hydrogens (tertiary/aromatic N) is 2. The summed E-state index contributed by atoms with van der Waals surface area (Å²) in [7, 11) is 0. The Labute approximate surface area is 112 Å². The van der Waals surface area contributed by atoms with Crippen molar-refractivity contribution in [1.82, 2.24) is 9.97 Å². The highest BCUT2D eigenvalue weighted by Gasteiger charge is 2.03. The summed E-state index contributed by atoms with van der Waals surface area (Å²) in [5.41, 5.74) is 5.43. The van der Waals surface area contributed by atoms with Gasteiger partial charge in [-0.3, -0.25) is 9.97 Å². The summed E-state index contributed by atoms with van der Waals surface area (Å²) in [5, 5.41) is 0. The van der Waals surface area contributed by atoms with Gasteiger partial charge in [0, 0.05) is 23.5 Å². The smallest absolute Gasteiger partial charge is 0.0704 e. The van der Waals surface area contributed by atoms with Crippen molar-refractivity contribution in [2.45, 2.75) is 6.92 Å². The van der Waals surface area contributed by atoms with Crippen molar-refractivity contribution in [3.05, 3.63) is 72.6 Å². The molecule has 0 saturated carbocycles. The van der Waals surface area contributed by atoms with Gasteiger partial charge >= 0.3 is 0 Å². The maximum atomic E-state index is 4.42. The highest BCUT2D eigenvalue weighted by Crippen LogP contribution is 2.24. The van der Waals surface area contributed by atoms with E-state index >= 15 is 0 Å². The SMILES string of the molecule is Cc1ccnc(-c2cccc(-c3ccccn3)c2)c1. The van der Waals surface area contributed by atoms with Crippen LogP contribution in [0.1, 0.15) is 5.56 Å². The highest BCUT2D eigenvalue weighted by molar-refractivity contribution is 5.69. The molecule has 2 nitrogen and oxygen atoms in total. The van der Waals surface area contributed by atoms with Gasteiger partial charge in [0.25, 0.3) is 0 Å². The molecule has 0 unspecified atom stereocenters. The normalized spacial score (nSPS) is 10.4. The van der Waals surface area contributed by atoms with Crippen LogP contribution in [0.5, 0.6) is 0 Å². The van der Waals surface area contributed by atoms with Crippen LogP contribution in [0.25, 0.3) is 22.5 Å². The maximum absolute atomic E-state index is 4.42. The Morgan fingerprint density at radius 3 is 2.21 bits per heavy atom. The highest BCUT2D eigenvalue weighted by atomic mass is 14.7. The molecule has 0 saturated heterocycles. The lowest BCUT2D eigenvalue weighted by atomic mass is 10.0. The topological polar surface area (TPSA) is 25.8 Å². The van der Waals surface area contributed by atoms with Gasteiger partial charge in [0.1, 0.15) is 0 Å². The van der Waals surface area contributed by atoms with E-state index in [1.807, 2.05) is 42.7 Å². The van der Waals surface area contributed by atoms with E-state index in [0.29, 0.717) is 0 Å². The first-order valence-corrected chi connectivity index (χ1v) is 6.27. The molecule has 2 heteroatoms. The summed E-state index contributed by atoms with van der Waals surface area (Å²) in [6, 6.07) is 18.4. The van der Waals surface area contributed by atoms with Crippen molar-refractivity contribution < 1.29 is 0 Å². The summed E-state index contributed by atoms with van der Waals surface area (Å²) in [6.45, 7) is 2.08. The Morgan fingerprint density at radius 2 is 1.47 bits per heavy atom. The van der Waals surface area contributed by atoms with E-state index in [2.05, 4.69) is 41.2 Å². The second-order valence-electron chi connectivity index (χ2n) is 4.51. The first-order chi connectivity index (χ1) is 9.33. The summed E-state index contributed by atoms with van der Waals surface area (Å²) < 4.78 is 0. The van der Waals surface area contributed by atoms with Gasteiger partial charge in [0.05, 0.1) is 11.4 Å². The lowest BCUT2D eigenvalue weighted by molar-refractivity contribution is 1.28. The Morgan fingerprint density at radius 1 is 0.684 bits per heavy atom. The molecule has 0 aliphatic heterocycles. The molecule has 0 aliphatic rings. The minimum Gasteiger partial charge on any atom is -0.256 e. The first-order valence-electron chi connectivity index (χ1n) is 6.27. The van der Waals surface area contributed by atoms with Gasteiger partial charge in [-0.15, -0.1) is 0 Å². The lowest BCUT2D eigenvalue weighted by Gasteiger charge is -2.05. The third kappa shape index (κ3) is 2.52. The Kier molecular flexibility index (Phi) is 3.07. The van der Waals surface area contributed by atoms with E-state index in [0.717, 1.165) is 22.5 Å². The van der Waals surface area contributed by atoms with Crippen molar-refractivity contribution in [3.63, 3.8) is 0 Å². The van der Waals surface area contributed by atoms with E-state index in [4.69, 9.17) is 0 Å². The molecule has 0 bridgehead atoms. The van der Waals surface area contributed by atoms with Crippen LogP contribution in [0.3, 0.4) is 0 Å². The van der Waals surface area contributed by atoms with Crippen molar-refractivity contribution in [2.24, 2.45) is 0 Å². The quantitative estimate of drug-likeness (QED) is 0.679. The number of aromatic nitrogens is 2. The number of benzene rings is 1. The molecular formula is C17H14N2. The molecule has 3 aromatic rings. The molecular weight excluding hydrogens is 232 g/mol. The molecule has 92 valence electrons. The Balaban J connectivity index is 2.06. The lowest BCUT2D eigenvalue weighted by Crippen LogP contribution is -1.86. The van der Waals surface area contributed by atoms with Crippen LogP contribution in [0.2, 0.25) is 0 Å². The van der Waals surface area contributed by atoms with Crippen LogP contribution in [0.15, 0.2) is 67.0 Å². The second-order valence-corrected chi connectivity index (χ2v) is 4.51. The molecule has 0 fully saturated rings. The average Bonchev–Trinajstić information content (AvgIpc) is 2.48. The first kappa shape index (κ1) is 11.6. The predicted octanol–water partition coefficient (Wildman–Crippen LogP) is 4.12. The molecule has 3 rings (SSSR count). The standard InChI is InChI=1S/C17H14N2/c1-13-8-10-19-17(11-13)15-6-4-5-14(12-15)16-7-2-3-9-18-16/h2-12H,1H3. The van der Waals surface area contributed by atoms with Crippen LogP contribution in [-0.4, -0.2) is 9.97 Å². The summed E-state index contributed by atoms with van der Waals surface area (Å²) in [6.07, 6.45) is 3.66. The molecule has 0 amide bonds. The molecule has 2 aromatic heterocycles. The van der Waals surface area contributed by atoms with Crippen LogP contribution >= 0.6 is 0 Å². The fraction of sp³-hybridized carbons (Fsp3) is 0.0588. The van der Waals surface area contributed by atoms with Crippen LogP contribution in [0.4, 0.5) is 0 Å². The summed E-state index contributed by atoms with van der Waals surface area (Å²) in [4.78, 5) is 8.81. The minimum atomic E-state index is 0.983. The maximum Gasteiger partial charge on any atom is 0.0704 e. The number of pyridine rings is 2. The molecule has 2 heterocycles. The van der Waals surface area contributed by atoms with Crippen LogP contribution in [-0.2, 0) is 0 Å². The van der Waals surface area contributed by atoms with Gasteiger partial charge in [-0.25, -0.2) is 0 Å². The zero-order chi connectivity index (χ0) is 13.1. The van der Waals surface area contributed by atoms with Crippen molar-refractivity contribution >= 4 is 0 Å². The van der Waals surface area contributed by atoms with E-state index in [1.165, 1.54) is 5.56 Å². The predicted molar refractivity (Wildman–Crippen MR) is 77.6 cm³/mol. The van der Waals surface area contributed by atoms with Gasteiger partial charge in [-0.05, 0) is 42.8 Å². The molecule has 0 spiro atoms. The van der Waals surface area contributed by atoms with E-state index in [9.17, 15) is 0 Å². The Bertz CT molecular complexity index is 690. The molecule has 0 aliphatic carbocycles. The number of aryl methyl sites for hydroxylation is 1. The number of hydrogen-bond acceptors (Lipinski definition) is 2. The van der Waals surface area contributed by atoms with Crippen molar-refractivity contribution in [2.75, 3.05) is 0 Å². The second kappa shape index (κ2) is 5.02. The van der Waals surface area contributed by atoms with Crippen LogP contribution < -0.4 is 0 Å². The third-order valence-electron chi connectivity index (χ3n) is 3.03. The number of rotatable bonds is 2. The fourth-order valence-corrected chi connectivity index (χ4v) is 2.07. The summed E-state index contributed by atoms with van der Waals surface area (Å²) >= 11 is 0. The molecule has 0 N–H and O–H groups in total. The van der Waals surface area contributed by atoms with Crippen molar-refractivity contribution in [1.29, 1.82) is 0 Å². The zero-order valence-electron chi connectivity index (χ0n) is 10.7. The molecule has 19 heavy (non-hydrogen) atoms. The molecule has 0 atom stereocenters. The van der Waals surface area contributed by atoms with Crippen LogP contribution in [0, 0.1) is 6.92 Å². The minimum absolute atomic E-state index is 0.983. The van der Waals surface area contributed by atoms with Gasteiger partial charge in [-0.1, -0.05) is 24.3 Å². The van der Waals surface area contributed by atoms with E-state index in [1.54, 1.807) is 0 Å². The third-order valence-corrected chi connectivity index (χ3v) is 3.03. The van der Waals surface area contributed by atoms with E-state index < -0.39 is 0 Å². The van der Waals surface area contributed by atoms with Gasteiger partial charge in [-0.2, -0.15) is 0 Å². The largest absolute Gasteiger partial charge is 0.256 e. The van der Waals surface area contributed by atoms with Gasteiger partial charge < -0.3 is 0 Å². The van der Waals surface area contributed by atoms with Gasteiger partial charge in [0.15, 0.2) is 0 Å². The zero-order valence-corrected chi connectivity index (χ0v) is 10.7. The average molecular weight is 246 g/mol. The Hall–Kier alpha value is -2.48. The van der Waals surface area contributed by atoms with Crippen molar-refractivity contribution in [3.8, 4) is 22.5 Å². The monoisotopic (exact) mass is 246 g/mol. The van der Waals surface area contributed by atoms with Gasteiger partial charge in [0.2, 0.25) is 0 Å². The summed E-state index contributed by atoms with van der Waals surface area (Å²) in [5.74, 6) is 0. The van der Waals surface area contributed by atoms with E-state index in [-0.39, 0.29) is 0 Å².